The molecule has 0 bridgehead atoms. The van der Waals surface area contributed by atoms with Crippen molar-refractivity contribution in [3.8, 4) is 5.75 Å². The number of nitrogens with zero attached hydrogens (tertiary/aromatic N) is 1. The Morgan fingerprint density at radius 1 is 1.19 bits per heavy atom. The molecule has 2 heterocycles. The van der Waals surface area contributed by atoms with Crippen molar-refractivity contribution in [1.82, 2.24) is 10.2 Å². The van der Waals surface area contributed by atoms with Crippen LogP contribution in [0.15, 0.2) is 24.3 Å². The minimum absolute atomic E-state index is 0.301. The molecule has 5 atom stereocenters. The number of carbonyl (C=O) groups is 4. The molecule has 0 saturated carbocycles. The van der Waals surface area contributed by atoms with Gasteiger partial charge in [-0.25, -0.2) is 0 Å². The molecule has 5 unspecified atom stereocenters. The van der Waals surface area contributed by atoms with Crippen LogP contribution in [0.5, 0.6) is 5.75 Å². The zero-order chi connectivity index (χ0) is 22.9. The van der Waals surface area contributed by atoms with Crippen LogP contribution in [-0.2, 0) is 19.2 Å². The second-order valence-electron chi connectivity index (χ2n) is 8.45. The third-order valence-corrected chi connectivity index (χ3v) is 6.67. The highest BCUT2D eigenvalue weighted by atomic mass is 16.5. The lowest BCUT2D eigenvalue weighted by molar-refractivity contribution is -0.154. The second-order valence-corrected chi connectivity index (χ2v) is 8.45. The van der Waals surface area contributed by atoms with Crippen LogP contribution in [0.1, 0.15) is 58.6 Å². The topological polar surface area (TPSA) is 113 Å². The van der Waals surface area contributed by atoms with Gasteiger partial charge < -0.3 is 9.84 Å². The number of imide groups is 1. The Bertz CT molecular complexity index is 883. The molecule has 3 rings (SSSR count). The second kappa shape index (κ2) is 8.78. The summed E-state index contributed by atoms with van der Waals surface area (Å²) < 4.78 is 5.07. The summed E-state index contributed by atoms with van der Waals surface area (Å²) in [6.45, 7) is 7.26. The van der Waals surface area contributed by atoms with Gasteiger partial charge in [0.2, 0.25) is 11.8 Å². The van der Waals surface area contributed by atoms with Gasteiger partial charge in [-0.3, -0.25) is 29.4 Å². The van der Waals surface area contributed by atoms with Gasteiger partial charge in [-0.1, -0.05) is 45.7 Å². The van der Waals surface area contributed by atoms with Crippen molar-refractivity contribution in [2.45, 2.75) is 58.5 Å². The molecular weight excluding hydrogens is 400 g/mol. The number of unbranched alkanes of at least 4 members (excludes halogenated alkanes) is 1. The fraction of sp³-hybridized carbons (Fsp3) is 0.565. The number of ether oxygens (including phenoxy) is 1. The molecule has 1 aromatic rings. The van der Waals surface area contributed by atoms with E-state index in [-0.39, 0.29) is 11.8 Å². The summed E-state index contributed by atoms with van der Waals surface area (Å²) in [6.07, 6.45) is 2.04. The number of carboxylic acid groups (broad SMARTS) is 1. The number of hydrogen-bond acceptors (Lipinski definition) is 6. The van der Waals surface area contributed by atoms with E-state index in [9.17, 15) is 24.3 Å². The molecule has 8 heteroatoms. The van der Waals surface area contributed by atoms with Crippen molar-refractivity contribution in [2.75, 3.05) is 6.54 Å². The van der Waals surface area contributed by atoms with E-state index in [2.05, 4.69) is 5.32 Å². The number of carboxylic acids is 1. The van der Waals surface area contributed by atoms with Crippen molar-refractivity contribution in [1.29, 1.82) is 0 Å². The summed E-state index contributed by atoms with van der Waals surface area (Å²) in [4.78, 5) is 51.7. The minimum atomic E-state index is -1.54. The first-order chi connectivity index (χ1) is 14.7. The van der Waals surface area contributed by atoms with Gasteiger partial charge in [0.05, 0.1) is 11.8 Å². The molecule has 2 aliphatic heterocycles. The molecule has 0 spiro atoms. The zero-order valence-corrected chi connectivity index (χ0v) is 18.4. The third-order valence-electron chi connectivity index (χ3n) is 6.67. The molecule has 2 saturated heterocycles. The predicted octanol–water partition coefficient (Wildman–Crippen LogP) is 2.53. The number of benzene rings is 1. The maximum Gasteiger partial charge on any atom is 0.325 e. The largest absolute Gasteiger partial charge is 0.480 e. The number of aliphatic carboxylic acids is 1. The molecule has 0 aliphatic carbocycles. The summed E-state index contributed by atoms with van der Waals surface area (Å²) >= 11 is 0. The zero-order valence-electron chi connectivity index (χ0n) is 18.4. The van der Waals surface area contributed by atoms with Crippen LogP contribution >= 0.6 is 0 Å². The first kappa shape index (κ1) is 22.9. The molecule has 2 fully saturated rings. The smallest absolute Gasteiger partial charge is 0.325 e. The number of rotatable bonds is 8. The molecule has 2 aliphatic rings. The highest BCUT2D eigenvalue weighted by Gasteiger charge is 2.69. The van der Waals surface area contributed by atoms with Crippen molar-refractivity contribution >= 4 is 23.8 Å². The molecule has 2 amide bonds. The van der Waals surface area contributed by atoms with Crippen LogP contribution < -0.4 is 10.1 Å². The Hall–Kier alpha value is -2.74. The van der Waals surface area contributed by atoms with Crippen molar-refractivity contribution in [2.24, 2.45) is 17.8 Å². The summed E-state index contributed by atoms with van der Waals surface area (Å²) in [5.41, 5.74) is -0.859. The number of likely N-dealkylation sites (tertiary alicyclic amines) is 1. The van der Waals surface area contributed by atoms with Crippen molar-refractivity contribution in [3.05, 3.63) is 29.8 Å². The van der Waals surface area contributed by atoms with Crippen LogP contribution in [0.25, 0.3) is 0 Å². The Kier molecular flexibility index (Phi) is 6.50. The van der Waals surface area contributed by atoms with Crippen molar-refractivity contribution in [3.63, 3.8) is 0 Å². The first-order valence-electron chi connectivity index (χ1n) is 10.8. The lowest BCUT2D eigenvalue weighted by atomic mass is 9.72. The van der Waals surface area contributed by atoms with E-state index in [1.54, 1.807) is 31.2 Å². The fourth-order valence-corrected chi connectivity index (χ4v) is 4.92. The standard InChI is InChI=1S/C23H30N2O6/c1-5-7-12-25-20(27)17-18(21(25)28)23(22(29)30,13(3)6-2)24-19(17)15-8-10-16(11-9-15)31-14(4)26/h8-11,13,17-19,24H,5-7,12H2,1-4H3,(H,29,30). The summed E-state index contributed by atoms with van der Waals surface area (Å²) in [7, 11) is 0. The molecule has 31 heavy (non-hydrogen) atoms. The molecule has 8 nitrogen and oxygen atoms in total. The molecule has 0 aromatic heterocycles. The highest BCUT2D eigenvalue weighted by molar-refractivity contribution is 6.09. The molecule has 168 valence electrons. The van der Waals surface area contributed by atoms with Gasteiger partial charge in [0.15, 0.2) is 0 Å². The Labute approximate surface area is 181 Å². The normalized spacial score (nSPS) is 28.5. The van der Waals surface area contributed by atoms with Gasteiger partial charge in [-0.15, -0.1) is 0 Å². The van der Waals surface area contributed by atoms with Gasteiger partial charge in [0.1, 0.15) is 11.3 Å². The quantitative estimate of drug-likeness (QED) is 0.370. The summed E-state index contributed by atoms with van der Waals surface area (Å²) in [5, 5.41) is 13.5. The van der Waals surface area contributed by atoms with Gasteiger partial charge in [0.25, 0.3) is 0 Å². The number of fused-ring (bicyclic) bond motifs is 1. The monoisotopic (exact) mass is 430 g/mol. The van der Waals surface area contributed by atoms with E-state index in [0.29, 0.717) is 30.7 Å². The summed E-state index contributed by atoms with van der Waals surface area (Å²) in [5.74, 6) is -4.07. The Morgan fingerprint density at radius 3 is 2.35 bits per heavy atom. The van der Waals surface area contributed by atoms with E-state index in [4.69, 9.17) is 4.74 Å². The number of nitrogens with one attached hydrogen (secondary N) is 1. The average Bonchev–Trinajstić information content (AvgIpc) is 3.21. The van der Waals surface area contributed by atoms with Gasteiger partial charge in [0, 0.05) is 19.5 Å². The lowest BCUT2D eigenvalue weighted by Crippen LogP contribution is -2.59. The third kappa shape index (κ3) is 3.73. The van der Waals surface area contributed by atoms with Gasteiger partial charge in [-0.05, 0) is 30.0 Å². The Balaban J connectivity index is 2.06. The summed E-state index contributed by atoms with van der Waals surface area (Å²) in [6, 6.07) is 5.98. The van der Waals surface area contributed by atoms with Gasteiger partial charge >= 0.3 is 11.9 Å². The highest BCUT2D eigenvalue weighted by Crippen LogP contribution is 2.52. The first-order valence-corrected chi connectivity index (χ1v) is 10.8. The number of carbonyl (C=O) groups excluding carboxylic acids is 3. The molecule has 0 radical (unpaired) electrons. The Morgan fingerprint density at radius 2 is 1.84 bits per heavy atom. The van der Waals surface area contributed by atoms with Crippen LogP contribution in [0.3, 0.4) is 0 Å². The lowest BCUT2D eigenvalue weighted by Gasteiger charge is -2.36. The maximum atomic E-state index is 13.3. The van der Waals surface area contributed by atoms with Gasteiger partial charge in [-0.2, -0.15) is 0 Å². The molecular formula is C23H30N2O6. The van der Waals surface area contributed by atoms with E-state index < -0.39 is 41.3 Å². The average molecular weight is 431 g/mol. The van der Waals surface area contributed by atoms with Crippen LogP contribution in [0.4, 0.5) is 0 Å². The van der Waals surface area contributed by atoms with E-state index in [0.717, 1.165) is 6.42 Å². The minimum Gasteiger partial charge on any atom is -0.480 e. The maximum absolute atomic E-state index is 13.3. The van der Waals surface area contributed by atoms with Crippen LogP contribution in [-0.4, -0.2) is 45.8 Å². The van der Waals surface area contributed by atoms with Crippen LogP contribution in [0, 0.1) is 17.8 Å². The number of amides is 2. The molecule has 2 N–H and O–H groups in total. The number of esters is 1. The van der Waals surface area contributed by atoms with E-state index >= 15 is 0 Å². The fourth-order valence-electron chi connectivity index (χ4n) is 4.92. The molecule has 1 aromatic carbocycles. The predicted molar refractivity (Wildman–Crippen MR) is 112 cm³/mol. The van der Waals surface area contributed by atoms with Crippen LogP contribution in [0.2, 0.25) is 0 Å². The van der Waals surface area contributed by atoms with Crippen molar-refractivity contribution < 1.29 is 29.0 Å². The number of hydrogen-bond donors (Lipinski definition) is 2. The SMILES string of the molecule is CCCCN1C(=O)C2C(c3ccc(OC(C)=O)cc3)NC(C(=O)O)(C(C)CC)C2C1=O. The van der Waals surface area contributed by atoms with E-state index in [1.165, 1.54) is 11.8 Å². The van der Waals surface area contributed by atoms with E-state index in [1.807, 2.05) is 13.8 Å².